The molecule has 96 valence electrons. The molecule has 1 aromatic carbocycles. The Morgan fingerprint density at radius 1 is 1.22 bits per heavy atom. The lowest BCUT2D eigenvalue weighted by molar-refractivity contribution is 0.673. The Bertz CT molecular complexity index is 483. The Balaban J connectivity index is 2.11. The maximum atomic E-state index is 4.35. The molecule has 0 aliphatic heterocycles. The minimum absolute atomic E-state index is 0.590. The molecule has 0 radical (unpaired) electrons. The predicted molar refractivity (Wildman–Crippen MR) is 74.6 cm³/mol. The number of imidazole rings is 1. The van der Waals surface area contributed by atoms with Crippen molar-refractivity contribution in [1.29, 1.82) is 0 Å². The number of hydrogen-bond acceptors (Lipinski definition) is 2. The van der Waals surface area contributed by atoms with Crippen LogP contribution in [0.3, 0.4) is 0 Å². The highest BCUT2D eigenvalue weighted by Gasteiger charge is 2.03. The van der Waals surface area contributed by atoms with Gasteiger partial charge in [0.2, 0.25) is 0 Å². The SMILES string of the molecule is CNCc1nccn1Cc1ccc(C(C)C)cc1. The number of nitrogens with zero attached hydrogens (tertiary/aromatic N) is 2. The van der Waals surface area contributed by atoms with Crippen LogP contribution in [-0.4, -0.2) is 16.6 Å². The van der Waals surface area contributed by atoms with Crippen LogP contribution in [0.1, 0.15) is 36.7 Å². The highest BCUT2D eigenvalue weighted by Crippen LogP contribution is 2.15. The monoisotopic (exact) mass is 243 g/mol. The Labute approximate surface area is 109 Å². The maximum absolute atomic E-state index is 4.35. The molecule has 2 aromatic rings. The fraction of sp³-hybridized carbons (Fsp3) is 0.400. The van der Waals surface area contributed by atoms with Gasteiger partial charge in [-0.15, -0.1) is 0 Å². The molecule has 0 saturated heterocycles. The van der Waals surface area contributed by atoms with E-state index in [1.165, 1.54) is 11.1 Å². The topological polar surface area (TPSA) is 29.9 Å². The molecular formula is C15H21N3. The van der Waals surface area contributed by atoms with Crippen LogP contribution in [0.25, 0.3) is 0 Å². The molecule has 1 N–H and O–H groups in total. The van der Waals surface area contributed by atoms with Crippen molar-refractivity contribution in [2.45, 2.75) is 32.9 Å². The zero-order valence-electron chi connectivity index (χ0n) is 11.4. The molecule has 0 spiro atoms. The summed E-state index contributed by atoms with van der Waals surface area (Å²) in [7, 11) is 1.94. The molecule has 0 amide bonds. The normalized spacial score (nSPS) is 11.1. The summed E-state index contributed by atoms with van der Waals surface area (Å²) < 4.78 is 2.18. The first kappa shape index (κ1) is 12.8. The molecule has 0 aliphatic carbocycles. The van der Waals surface area contributed by atoms with E-state index in [-0.39, 0.29) is 0 Å². The van der Waals surface area contributed by atoms with Crippen molar-refractivity contribution in [3.63, 3.8) is 0 Å². The van der Waals surface area contributed by atoms with Gasteiger partial charge < -0.3 is 9.88 Å². The van der Waals surface area contributed by atoms with Gasteiger partial charge in [0.15, 0.2) is 0 Å². The molecule has 0 unspecified atom stereocenters. The van der Waals surface area contributed by atoms with E-state index < -0.39 is 0 Å². The van der Waals surface area contributed by atoms with E-state index in [2.05, 4.69) is 53.0 Å². The first-order valence-corrected chi connectivity index (χ1v) is 6.44. The fourth-order valence-electron chi connectivity index (χ4n) is 2.01. The van der Waals surface area contributed by atoms with Gasteiger partial charge in [-0.3, -0.25) is 0 Å². The Hall–Kier alpha value is -1.61. The summed E-state index contributed by atoms with van der Waals surface area (Å²) in [5.41, 5.74) is 2.70. The molecular weight excluding hydrogens is 222 g/mol. The average Bonchev–Trinajstić information content (AvgIpc) is 2.78. The molecule has 3 heteroatoms. The molecule has 0 fully saturated rings. The van der Waals surface area contributed by atoms with Crippen molar-refractivity contribution < 1.29 is 0 Å². The van der Waals surface area contributed by atoms with Gasteiger partial charge in [0.05, 0.1) is 6.54 Å². The van der Waals surface area contributed by atoms with E-state index in [1.54, 1.807) is 0 Å². The average molecular weight is 243 g/mol. The summed E-state index contributed by atoms with van der Waals surface area (Å²) >= 11 is 0. The van der Waals surface area contributed by atoms with Gasteiger partial charge in [0, 0.05) is 18.9 Å². The summed E-state index contributed by atoms with van der Waals surface area (Å²) in [4.78, 5) is 4.35. The van der Waals surface area contributed by atoms with E-state index in [0.717, 1.165) is 18.9 Å². The minimum atomic E-state index is 0.590. The van der Waals surface area contributed by atoms with Gasteiger partial charge in [0.1, 0.15) is 5.82 Å². The molecule has 2 rings (SSSR count). The van der Waals surface area contributed by atoms with Crippen LogP contribution in [0.5, 0.6) is 0 Å². The third-order valence-corrected chi connectivity index (χ3v) is 3.14. The summed E-state index contributed by atoms with van der Waals surface area (Å²) in [6.45, 7) is 6.12. The molecule has 0 aliphatic rings. The molecule has 0 atom stereocenters. The quantitative estimate of drug-likeness (QED) is 0.875. The Morgan fingerprint density at radius 2 is 1.94 bits per heavy atom. The maximum Gasteiger partial charge on any atom is 0.122 e. The van der Waals surface area contributed by atoms with Crippen LogP contribution in [0.4, 0.5) is 0 Å². The van der Waals surface area contributed by atoms with Crippen molar-refractivity contribution in [3.8, 4) is 0 Å². The fourth-order valence-corrected chi connectivity index (χ4v) is 2.01. The number of benzene rings is 1. The van der Waals surface area contributed by atoms with Gasteiger partial charge in [-0.1, -0.05) is 38.1 Å². The lowest BCUT2D eigenvalue weighted by Gasteiger charge is -2.09. The number of aromatic nitrogens is 2. The van der Waals surface area contributed by atoms with Gasteiger partial charge >= 0.3 is 0 Å². The van der Waals surface area contributed by atoms with Gasteiger partial charge in [-0.05, 0) is 24.1 Å². The van der Waals surface area contributed by atoms with Crippen LogP contribution in [0.15, 0.2) is 36.7 Å². The molecule has 0 bridgehead atoms. The Kier molecular flexibility index (Phi) is 4.15. The first-order valence-electron chi connectivity index (χ1n) is 6.44. The lowest BCUT2D eigenvalue weighted by Crippen LogP contribution is -2.12. The van der Waals surface area contributed by atoms with Crippen molar-refractivity contribution in [2.75, 3.05) is 7.05 Å². The van der Waals surface area contributed by atoms with Crippen LogP contribution >= 0.6 is 0 Å². The molecule has 0 saturated carbocycles. The second-order valence-corrected chi connectivity index (χ2v) is 4.90. The zero-order chi connectivity index (χ0) is 13.0. The van der Waals surface area contributed by atoms with E-state index in [1.807, 2.05) is 19.4 Å². The first-order chi connectivity index (χ1) is 8.70. The van der Waals surface area contributed by atoms with E-state index in [9.17, 15) is 0 Å². The lowest BCUT2D eigenvalue weighted by atomic mass is 10.0. The summed E-state index contributed by atoms with van der Waals surface area (Å²) in [5.74, 6) is 1.66. The summed E-state index contributed by atoms with van der Waals surface area (Å²) in [5, 5.41) is 3.14. The molecule has 3 nitrogen and oxygen atoms in total. The highest BCUT2D eigenvalue weighted by atomic mass is 15.1. The summed E-state index contributed by atoms with van der Waals surface area (Å²) in [6.07, 6.45) is 3.89. The highest BCUT2D eigenvalue weighted by molar-refractivity contribution is 5.25. The van der Waals surface area contributed by atoms with Gasteiger partial charge in [0.25, 0.3) is 0 Å². The van der Waals surface area contributed by atoms with Crippen LogP contribution in [0.2, 0.25) is 0 Å². The second-order valence-electron chi connectivity index (χ2n) is 4.90. The number of rotatable bonds is 5. The van der Waals surface area contributed by atoms with Gasteiger partial charge in [-0.2, -0.15) is 0 Å². The van der Waals surface area contributed by atoms with Crippen molar-refractivity contribution in [1.82, 2.24) is 14.9 Å². The predicted octanol–water partition coefficient (Wildman–Crippen LogP) is 2.77. The Morgan fingerprint density at radius 3 is 2.56 bits per heavy atom. The smallest absolute Gasteiger partial charge is 0.122 e. The third kappa shape index (κ3) is 2.99. The molecule has 18 heavy (non-hydrogen) atoms. The zero-order valence-corrected chi connectivity index (χ0v) is 11.4. The largest absolute Gasteiger partial charge is 0.329 e. The number of hydrogen-bond donors (Lipinski definition) is 1. The number of nitrogens with one attached hydrogen (secondary N) is 1. The van der Waals surface area contributed by atoms with Crippen molar-refractivity contribution >= 4 is 0 Å². The van der Waals surface area contributed by atoms with Crippen LogP contribution in [0, 0.1) is 0 Å². The van der Waals surface area contributed by atoms with Gasteiger partial charge in [-0.25, -0.2) is 4.98 Å². The van der Waals surface area contributed by atoms with E-state index >= 15 is 0 Å². The second kappa shape index (κ2) is 5.83. The van der Waals surface area contributed by atoms with Crippen molar-refractivity contribution in [3.05, 3.63) is 53.6 Å². The van der Waals surface area contributed by atoms with E-state index in [4.69, 9.17) is 0 Å². The minimum Gasteiger partial charge on any atom is -0.329 e. The summed E-state index contributed by atoms with van der Waals surface area (Å²) in [6, 6.07) is 8.85. The standard InChI is InChI=1S/C15H21N3/c1-12(2)14-6-4-13(5-7-14)11-18-9-8-17-15(18)10-16-3/h4-9,12,16H,10-11H2,1-3H3. The molecule has 1 heterocycles. The van der Waals surface area contributed by atoms with E-state index in [0.29, 0.717) is 5.92 Å². The van der Waals surface area contributed by atoms with Crippen molar-refractivity contribution in [2.24, 2.45) is 0 Å². The van der Waals surface area contributed by atoms with Crippen LogP contribution in [-0.2, 0) is 13.1 Å². The third-order valence-electron chi connectivity index (χ3n) is 3.14. The molecule has 1 aromatic heterocycles. The van der Waals surface area contributed by atoms with Crippen LogP contribution < -0.4 is 5.32 Å².